The third kappa shape index (κ3) is 5.45. The van der Waals surface area contributed by atoms with Gasteiger partial charge < -0.3 is 10.1 Å². The number of benzene rings is 2. The highest BCUT2D eigenvalue weighted by atomic mass is 16.5. The second kappa shape index (κ2) is 8.47. The number of anilines is 1. The highest BCUT2D eigenvalue weighted by Crippen LogP contribution is 2.23. The van der Waals surface area contributed by atoms with Crippen LogP contribution in [0.2, 0.25) is 0 Å². The lowest BCUT2D eigenvalue weighted by atomic mass is 10.0. The van der Waals surface area contributed by atoms with E-state index in [1.165, 1.54) is 0 Å². The van der Waals surface area contributed by atoms with Crippen LogP contribution in [0, 0.1) is 6.92 Å². The molecule has 0 unspecified atom stereocenters. The second-order valence-corrected chi connectivity index (χ2v) is 6.53. The molecule has 1 atom stereocenters. The van der Waals surface area contributed by atoms with Crippen molar-refractivity contribution in [1.29, 1.82) is 0 Å². The van der Waals surface area contributed by atoms with Crippen LogP contribution >= 0.6 is 0 Å². The maximum Gasteiger partial charge on any atom is 0.311 e. The molecule has 0 radical (unpaired) electrons. The predicted octanol–water partition coefficient (Wildman–Crippen LogP) is 4.23. The minimum atomic E-state index is -0.849. The zero-order valence-electron chi connectivity index (χ0n) is 15.2. The Morgan fingerprint density at radius 1 is 1.00 bits per heavy atom. The zero-order valence-corrected chi connectivity index (χ0v) is 15.2. The third-order valence-corrected chi connectivity index (χ3v) is 3.99. The van der Waals surface area contributed by atoms with E-state index in [1.807, 2.05) is 55.5 Å². The summed E-state index contributed by atoms with van der Waals surface area (Å²) in [7, 11) is 0. The standard InChI is InChI=1S/C21H25NO3/c1-14(2)18-7-5-6-8-19(18)22-21(24)16(4)25-20(23)13-17-11-9-15(3)10-12-17/h5-12,14,16H,13H2,1-4H3,(H,22,24)/t16-/m0/s1. The van der Waals surface area contributed by atoms with E-state index in [9.17, 15) is 9.59 Å². The van der Waals surface area contributed by atoms with E-state index in [-0.39, 0.29) is 18.2 Å². The molecule has 0 aromatic heterocycles. The summed E-state index contributed by atoms with van der Waals surface area (Å²) in [5.74, 6) is -0.454. The van der Waals surface area contributed by atoms with Crippen molar-refractivity contribution in [2.24, 2.45) is 0 Å². The highest BCUT2D eigenvalue weighted by molar-refractivity contribution is 5.95. The summed E-state index contributed by atoms with van der Waals surface area (Å²) in [6.07, 6.45) is -0.696. The van der Waals surface area contributed by atoms with Gasteiger partial charge in [0, 0.05) is 5.69 Å². The van der Waals surface area contributed by atoms with E-state index in [1.54, 1.807) is 6.92 Å². The van der Waals surface area contributed by atoms with Gasteiger partial charge in [0.25, 0.3) is 5.91 Å². The van der Waals surface area contributed by atoms with Crippen molar-refractivity contribution < 1.29 is 14.3 Å². The number of rotatable bonds is 6. The van der Waals surface area contributed by atoms with Crippen molar-refractivity contribution in [3.63, 3.8) is 0 Å². The maximum atomic E-state index is 12.3. The van der Waals surface area contributed by atoms with Gasteiger partial charge in [-0.3, -0.25) is 9.59 Å². The number of para-hydroxylation sites is 1. The fourth-order valence-corrected chi connectivity index (χ4v) is 2.51. The monoisotopic (exact) mass is 339 g/mol. The Morgan fingerprint density at radius 3 is 2.28 bits per heavy atom. The van der Waals surface area contributed by atoms with E-state index in [0.29, 0.717) is 0 Å². The van der Waals surface area contributed by atoms with Crippen molar-refractivity contribution >= 4 is 17.6 Å². The van der Waals surface area contributed by atoms with Crippen LogP contribution < -0.4 is 5.32 Å². The summed E-state index contributed by atoms with van der Waals surface area (Å²) in [6, 6.07) is 15.3. The van der Waals surface area contributed by atoms with E-state index in [2.05, 4.69) is 19.2 Å². The number of aryl methyl sites for hydroxylation is 1. The lowest BCUT2D eigenvalue weighted by Gasteiger charge is -2.17. The molecule has 0 fully saturated rings. The van der Waals surface area contributed by atoms with Gasteiger partial charge in [-0.25, -0.2) is 0 Å². The van der Waals surface area contributed by atoms with Crippen LogP contribution in [-0.4, -0.2) is 18.0 Å². The van der Waals surface area contributed by atoms with Crippen molar-refractivity contribution in [2.75, 3.05) is 5.32 Å². The molecule has 25 heavy (non-hydrogen) atoms. The molecule has 132 valence electrons. The summed E-state index contributed by atoms with van der Waals surface area (Å²) in [5, 5.41) is 2.85. The lowest BCUT2D eigenvalue weighted by Crippen LogP contribution is -2.30. The molecule has 0 aliphatic rings. The number of amides is 1. The molecule has 1 amide bonds. The molecule has 2 aromatic rings. The van der Waals surface area contributed by atoms with Crippen LogP contribution in [0.1, 0.15) is 43.4 Å². The van der Waals surface area contributed by atoms with Gasteiger partial charge in [-0.1, -0.05) is 61.9 Å². The molecule has 2 rings (SSSR count). The average Bonchev–Trinajstić information content (AvgIpc) is 2.57. The van der Waals surface area contributed by atoms with Crippen LogP contribution in [-0.2, 0) is 20.7 Å². The van der Waals surface area contributed by atoms with Crippen molar-refractivity contribution in [3.8, 4) is 0 Å². The quantitative estimate of drug-likeness (QED) is 0.801. The van der Waals surface area contributed by atoms with Crippen LogP contribution in [0.15, 0.2) is 48.5 Å². The number of hydrogen-bond donors (Lipinski definition) is 1. The molecule has 2 aromatic carbocycles. The Kier molecular flexibility index (Phi) is 6.34. The number of carbonyl (C=O) groups excluding carboxylic acids is 2. The zero-order chi connectivity index (χ0) is 18.4. The summed E-state index contributed by atoms with van der Waals surface area (Å²) in [5.41, 5.74) is 3.81. The van der Waals surface area contributed by atoms with Gasteiger partial charge in [0.1, 0.15) is 0 Å². The van der Waals surface area contributed by atoms with Gasteiger partial charge in [0.2, 0.25) is 0 Å². The normalized spacial score (nSPS) is 11.9. The summed E-state index contributed by atoms with van der Waals surface area (Å²) in [4.78, 5) is 24.4. The predicted molar refractivity (Wildman–Crippen MR) is 99.6 cm³/mol. The first-order chi connectivity index (χ1) is 11.9. The molecule has 4 nitrogen and oxygen atoms in total. The Bertz CT molecular complexity index is 735. The van der Waals surface area contributed by atoms with Crippen molar-refractivity contribution in [3.05, 3.63) is 65.2 Å². The summed E-state index contributed by atoms with van der Waals surface area (Å²) in [6.45, 7) is 7.70. The molecule has 0 heterocycles. The highest BCUT2D eigenvalue weighted by Gasteiger charge is 2.19. The molecular weight excluding hydrogens is 314 g/mol. The molecular formula is C21H25NO3. The van der Waals surface area contributed by atoms with E-state index >= 15 is 0 Å². The SMILES string of the molecule is Cc1ccc(CC(=O)O[C@@H](C)C(=O)Nc2ccccc2C(C)C)cc1. The minimum absolute atomic E-state index is 0.153. The number of esters is 1. The first kappa shape index (κ1) is 18.7. The number of ether oxygens (including phenoxy) is 1. The van der Waals surface area contributed by atoms with Gasteiger partial charge in [0.05, 0.1) is 6.42 Å². The minimum Gasteiger partial charge on any atom is -0.452 e. The third-order valence-electron chi connectivity index (χ3n) is 3.99. The number of nitrogens with one attached hydrogen (secondary N) is 1. The van der Waals surface area contributed by atoms with Gasteiger partial charge in [-0.15, -0.1) is 0 Å². The van der Waals surface area contributed by atoms with Crippen LogP contribution in [0.25, 0.3) is 0 Å². The Morgan fingerprint density at radius 2 is 1.64 bits per heavy atom. The fraction of sp³-hybridized carbons (Fsp3) is 0.333. The summed E-state index contributed by atoms with van der Waals surface area (Å²) < 4.78 is 5.27. The van der Waals surface area contributed by atoms with Gasteiger partial charge >= 0.3 is 5.97 Å². The van der Waals surface area contributed by atoms with Gasteiger partial charge in [-0.2, -0.15) is 0 Å². The van der Waals surface area contributed by atoms with Crippen LogP contribution in [0.5, 0.6) is 0 Å². The van der Waals surface area contributed by atoms with E-state index in [0.717, 1.165) is 22.4 Å². The molecule has 0 aliphatic heterocycles. The molecule has 0 bridgehead atoms. The van der Waals surface area contributed by atoms with Crippen molar-refractivity contribution in [2.45, 2.75) is 46.1 Å². The number of carbonyl (C=O) groups is 2. The molecule has 0 saturated heterocycles. The molecule has 0 saturated carbocycles. The Labute approximate surface area is 149 Å². The van der Waals surface area contributed by atoms with E-state index in [4.69, 9.17) is 4.74 Å². The topological polar surface area (TPSA) is 55.4 Å². The first-order valence-corrected chi connectivity index (χ1v) is 8.51. The molecule has 0 aliphatic carbocycles. The van der Waals surface area contributed by atoms with Crippen LogP contribution in [0.3, 0.4) is 0 Å². The largest absolute Gasteiger partial charge is 0.452 e. The second-order valence-electron chi connectivity index (χ2n) is 6.53. The molecule has 1 N–H and O–H groups in total. The van der Waals surface area contributed by atoms with E-state index < -0.39 is 12.1 Å². The molecule has 4 heteroatoms. The van der Waals surface area contributed by atoms with Gasteiger partial charge in [0.15, 0.2) is 6.10 Å². The first-order valence-electron chi connectivity index (χ1n) is 8.51. The summed E-state index contributed by atoms with van der Waals surface area (Å²) >= 11 is 0. The Balaban J connectivity index is 1.94. The molecule has 0 spiro atoms. The fourth-order valence-electron chi connectivity index (χ4n) is 2.51. The van der Waals surface area contributed by atoms with Crippen molar-refractivity contribution in [1.82, 2.24) is 0 Å². The number of hydrogen-bond acceptors (Lipinski definition) is 3. The smallest absolute Gasteiger partial charge is 0.311 e. The maximum absolute atomic E-state index is 12.3. The Hall–Kier alpha value is -2.62. The van der Waals surface area contributed by atoms with Crippen LogP contribution in [0.4, 0.5) is 5.69 Å². The lowest BCUT2D eigenvalue weighted by molar-refractivity contribution is -0.152. The van der Waals surface area contributed by atoms with Gasteiger partial charge in [-0.05, 0) is 37.0 Å². The average molecular weight is 339 g/mol.